The highest BCUT2D eigenvalue weighted by molar-refractivity contribution is 7.99. The third-order valence-corrected chi connectivity index (χ3v) is 5.19. The molecule has 0 aliphatic carbocycles. The Balaban J connectivity index is 1.48. The topological polar surface area (TPSA) is 72.7 Å². The molecule has 1 aromatic carbocycles. The molecule has 0 saturated heterocycles. The third-order valence-electron chi connectivity index (χ3n) is 3.12. The van der Waals surface area contributed by atoms with Gasteiger partial charge in [-0.1, -0.05) is 41.6 Å². The minimum atomic E-state index is -0.0689. The van der Waals surface area contributed by atoms with Crippen LogP contribution in [0.1, 0.15) is 10.4 Å². The number of amides is 1. The summed E-state index contributed by atoms with van der Waals surface area (Å²) in [6, 6.07) is 11.4. The number of carbonyl (C=O) groups is 1. The molecule has 2 heterocycles. The summed E-state index contributed by atoms with van der Waals surface area (Å²) in [5.41, 5.74) is 1.00. The molecule has 0 aliphatic heterocycles. The van der Waals surface area contributed by atoms with Crippen LogP contribution in [-0.2, 0) is 17.9 Å². The number of thioether (sulfide) groups is 1. The van der Waals surface area contributed by atoms with E-state index in [1.807, 2.05) is 29.6 Å². The maximum Gasteiger partial charge on any atom is 0.230 e. The normalized spacial score (nSPS) is 10.7. The van der Waals surface area contributed by atoms with Gasteiger partial charge in [0.25, 0.3) is 0 Å². The number of aromatic nitrogens is 4. The van der Waals surface area contributed by atoms with Gasteiger partial charge in [0.2, 0.25) is 11.1 Å². The third kappa shape index (κ3) is 4.80. The minimum Gasteiger partial charge on any atom is -0.351 e. The summed E-state index contributed by atoms with van der Waals surface area (Å²) < 4.78 is 1.70. The minimum absolute atomic E-state index is 0.0689. The standard InChI is InChI=1S/C15H14ClN5OS2/c16-12-5-3-11(4-6-12)8-17-14(22)10-24-15-18-19-20-21(15)9-13-2-1-7-23-13/h1-7H,8-10H2,(H,17,22). The van der Waals surface area contributed by atoms with E-state index in [2.05, 4.69) is 20.8 Å². The fraction of sp³-hybridized carbons (Fsp3) is 0.200. The van der Waals surface area contributed by atoms with Gasteiger partial charge in [-0.3, -0.25) is 4.79 Å². The van der Waals surface area contributed by atoms with Crippen LogP contribution in [-0.4, -0.2) is 31.9 Å². The summed E-state index contributed by atoms with van der Waals surface area (Å²) in [4.78, 5) is 13.1. The lowest BCUT2D eigenvalue weighted by Gasteiger charge is -2.05. The molecule has 0 radical (unpaired) electrons. The van der Waals surface area contributed by atoms with Crippen molar-refractivity contribution in [3.8, 4) is 0 Å². The summed E-state index contributed by atoms with van der Waals surface area (Å²) in [6.07, 6.45) is 0. The number of halogens is 1. The second kappa shape index (κ2) is 8.27. The Labute approximate surface area is 152 Å². The van der Waals surface area contributed by atoms with E-state index in [1.165, 1.54) is 11.8 Å². The first-order valence-corrected chi connectivity index (χ1v) is 9.37. The van der Waals surface area contributed by atoms with E-state index in [4.69, 9.17) is 11.6 Å². The first kappa shape index (κ1) is 16.9. The van der Waals surface area contributed by atoms with Gasteiger partial charge in [0.05, 0.1) is 12.3 Å². The van der Waals surface area contributed by atoms with Crippen LogP contribution in [0.5, 0.6) is 0 Å². The van der Waals surface area contributed by atoms with Crippen molar-refractivity contribution in [2.45, 2.75) is 18.2 Å². The Morgan fingerprint density at radius 2 is 2.12 bits per heavy atom. The lowest BCUT2D eigenvalue weighted by atomic mass is 10.2. The monoisotopic (exact) mass is 379 g/mol. The lowest BCUT2D eigenvalue weighted by Crippen LogP contribution is -2.24. The van der Waals surface area contributed by atoms with Crippen molar-refractivity contribution in [2.75, 3.05) is 5.75 Å². The molecule has 0 fully saturated rings. The van der Waals surface area contributed by atoms with E-state index < -0.39 is 0 Å². The van der Waals surface area contributed by atoms with Crippen molar-refractivity contribution < 1.29 is 4.79 Å². The van der Waals surface area contributed by atoms with E-state index in [-0.39, 0.29) is 11.7 Å². The van der Waals surface area contributed by atoms with Crippen molar-refractivity contribution in [2.24, 2.45) is 0 Å². The summed E-state index contributed by atoms with van der Waals surface area (Å²) in [5, 5.41) is 17.8. The van der Waals surface area contributed by atoms with Crippen molar-refractivity contribution >= 4 is 40.6 Å². The van der Waals surface area contributed by atoms with Crippen molar-refractivity contribution in [1.82, 2.24) is 25.5 Å². The molecular weight excluding hydrogens is 366 g/mol. The van der Waals surface area contributed by atoms with Gasteiger partial charge in [-0.05, 0) is 39.6 Å². The number of tetrazole rings is 1. The largest absolute Gasteiger partial charge is 0.351 e. The molecular formula is C15H14ClN5OS2. The molecule has 2 aromatic heterocycles. The molecule has 3 aromatic rings. The number of benzene rings is 1. The number of rotatable bonds is 7. The Bertz CT molecular complexity index is 789. The highest BCUT2D eigenvalue weighted by Crippen LogP contribution is 2.17. The van der Waals surface area contributed by atoms with Crippen molar-refractivity contribution in [3.63, 3.8) is 0 Å². The maximum absolute atomic E-state index is 12.0. The van der Waals surface area contributed by atoms with Gasteiger partial charge in [0.1, 0.15) is 0 Å². The molecule has 124 valence electrons. The molecule has 0 atom stereocenters. The SMILES string of the molecule is O=C(CSc1nnnn1Cc1cccs1)NCc1ccc(Cl)cc1. The predicted octanol–water partition coefficient (Wildman–Crippen LogP) is 2.84. The first-order chi connectivity index (χ1) is 11.7. The number of hydrogen-bond donors (Lipinski definition) is 1. The Morgan fingerprint density at radius 3 is 2.88 bits per heavy atom. The predicted molar refractivity (Wildman–Crippen MR) is 95.3 cm³/mol. The molecule has 1 amide bonds. The quantitative estimate of drug-likeness (QED) is 0.639. The van der Waals surface area contributed by atoms with Gasteiger partial charge in [0, 0.05) is 16.4 Å². The lowest BCUT2D eigenvalue weighted by molar-refractivity contribution is -0.118. The fourth-order valence-corrected chi connectivity index (χ4v) is 3.45. The van der Waals surface area contributed by atoms with Gasteiger partial charge >= 0.3 is 0 Å². The maximum atomic E-state index is 12.0. The fourth-order valence-electron chi connectivity index (χ4n) is 1.93. The van der Waals surface area contributed by atoms with Crippen LogP contribution in [0.25, 0.3) is 0 Å². The average Bonchev–Trinajstić information content (AvgIpc) is 3.25. The van der Waals surface area contributed by atoms with Crippen molar-refractivity contribution in [1.29, 1.82) is 0 Å². The van der Waals surface area contributed by atoms with Gasteiger partial charge in [-0.2, -0.15) is 0 Å². The summed E-state index contributed by atoms with van der Waals surface area (Å²) >= 11 is 8.80. The summed E-state index contributed by atoms with van der Waals surface area (Å²) in [6.45, 7) is 1.08. The Morgan fingerprint density at radius 1 is 1.29 bits per heavy atom. The molecule has 0 aliphatic rings. The highest BCUT2D eigenvalue weighted by Gasteiger charge is 2.10. The van der Waals surface area contributed by atoms with Gasteiger partial charge < -0.3 is 5.32 Å². The first-order valence-electron chi connectivity index (χ1n) is 7.13. The number of thiophene rings is 1. The van der Waals surface area contributed by atoms with E-state index >= 15 is 0 Å². The van der Waals surface area contributed by atoms with Crippen LogP contribution >= 0.6 is 34.7 Å². The molecule has 9 heteroatoms. The van der Waals surface area contributed by atoms with Crippen molar-refractivity contribution in [3.05, 3.63) is 57.2 Å². The van der Waals surface area contributed by atoms with Gasteiger partial charge in [0.15, 0.2) is 0 Å². The highest BCUT2D eigenvalue weighted by atomic mass is 35.5. The zero-order valence-corrected chi connectivity index (χ0v) is 14.9. The van der Waals surface area contributed by atoms with Gasteiger partial charge in [-0.25, -0.2) is 4.68 Å². The molecule has 6 nitrogen and oxygen atoms in total. The molecule has 0 saturated carbocycles. The number of nitrogens with zero attached hydrogens (tertiary/aromatic N) is 4. The molecule has 0 bridgehead atoms. The zero-order valence-electron chi connectivity index (χ0n) is 12.6. The number of carbonyl (C=O) groups excluding carboxylic acids is 1. The zero-order chi connectivity index (χ0) is 16.8. The second-order valence-corrected chi connectivity index (χ2v) is 7.30. The molecule has 3 rings (SSSR count). The van der Waals surface area contributed by atoms with Crippen LogP contribution in [0.2, 0.25) is 5.02 Å². The molecule has 0 spiro atoms. The van der Waals surface area contributed by atoms with E-state index in [0.29, 0.717) is 23.3 Å². The summed E-state index contributed by atoms with van der Waals surface area (Å²) in [5.74, 6) is 0.193. The molecule has 1 N–H and O–H groups in total. The Hall–Kier alpha value is -1.90. The van der Waals surface area contributed by atoms with Crippen LogP contribution in [0.4, 0.5) is 0 Å². The van der Waals surface area contributed by atoms with Crippen LogP contribution in [0.15, 0.2) is 46.9 Å². The number of nitrogens with one attached hydrogen (secondary N) is 1. The van der Waals surface area contributed by atoms with Crippen LogP contribution < -0.4 is 5.32 Å². The summed E-state index contributed by atoms with van der Waals surface area (Å²) in [7, 11) is 0. The van der Waals surface area contributed by atoms with Crippen LogP contribution in [0.3, 0.4) is 0 Å². The number of hydrogen-bond acceptors (Lipinski definition) is 6. The van der Waals surface area contributed by atoms with Gasteiger partial charge in [-0.15, -0.1) is 16.4 Å². The second-order valence-electron chi connectivity index (χ2n) is 4.89. The molecule has 24 heavy (non-hydrogen) atoms. The van der Waals surface area contributed by atoms with Crippen LogP contribution in [0, 0.1) is 0 Å². The Kier molecular flexibility index (Phi) is 5.84. The molecule has 0 unspecified atom stereocenters. The van der Waals surface area contributed by atoms with E-state index in [0.717, 1.165) is 10.4 Å². The average molecular weight is 380 g/mol. The van der Waals surface area contributed by atoms with E-state index in [1.54, 1.807) is 28.2 Å². The smallest absolute Gasteiger partial charge is 0.230 e. The van der Waals surface area contributed by atoms with E-state index in [9.17, 15) is 4.79 Å².